The molecular weight excluding hydrogens is 346 g/mol. The minimum atomic E-state index is -0.429. The fourth-order valence-corrected chi connectivity index (χ4v) is 4.31. The van der Waals surface area contributed by atoms with E-state index in [0.717, 1.165) is 31.5 Å². The van der Waals surface area contributed by atoms with E-state index in [1.807, 2.05) is 17.9 Å². The lowest BCUT2D eigenvalue weighted by Gasteiger charge is -2.39. The van der Waals surface area contributed by atoms with E-state index in [2.05, 4.69) is 0 Å². The van der Waals surface area contributed by atoms with Crippen molar-refractivity contribution in [1.29, 1.82) is 0 Å². The van der Waals surface area contributed by atoms with E-state index in [9.17, 15) is 14.4 Å². The number of hydrogen-bond donors (Lipinski definition) is 0. The summed E-state index contributed by atoms with van der Waals surface area (Å²) in [6.07, 6.45) is 2.82. The molecule has 0 bridgehead atoms. The average molecular weight is 375 g/mol. The third-order valence-corrected chi connectivity index (χ3v) is 5.91. The summed E-state index contributed by atoms with van der Waals surface area (Å²) in [5.41, 5.74) is 0.336. The second kappa shape index (κ2) is 8.25. The number of aromatic nitrogens is 1. The van der Waals surface area contributed by atoms with Gasteiger partial charge in [0.05, 0.1) is 12.0 Å². The van der Waals surface area contributed by atoms with Gasteiger partial charge in [0.15, 0.2) is 0 Å². The fraction of sp³-hybridized carbons (Fsp3) is 0.650. The number of ether oxygens (including phenoxy) is 1. The highest BCUT2D eigenvalue weighted by Gasteiger charge is 2.49. The molecule has 3 rings (SSSR count). The van der Waals surface area contributed by atoms with Crippen molar-refractivity contribution in [2.45, 2.75) is 39.2 Å². The summed E-state index contributed by atoms with van der Waals surface area (Å²) in [4.78, 5) is 41.3. The van der Waals surface area contributed by atoms with Gasteiger partial charge >= 0.3 is 0 Å². The van der Waals surface area contributed by atoms with Crippen molar-refractivity contribution in [3.8, 4) is 0 Å². The lowest BCUT2D eigenvalue weighted by Crippen LogP contribution is -2.51. The van der Waals surface area contributed by atoms with Crippen molar-refractivity contribution in [1.82, 2.24) is 14.4 Å². The minimum absolute atomic E-state index is 0.0174. The molecule has 2 saturated heterocycles. The highest BCUT2D eigenvalue weighted by molar-refractivity contribution is 5.86. The summed E-state index contributed by atoms with van der Waals surface area (Å²) in [7, 11) is 1.64. The van der Waals surface area contributed by atoms with Gasteiger partial charge < -0.3 is 19.1 Å². The Hall–Kier alpha value is -2.15. The average Bonchev–Trinajstić information content (AvgIpc) is 3.08. The normalized spacial score (nSPS) is 22.7. The van der Waals surface area contributed by atoms with Gasteiger partial charge in [0, 0.05) is 58.0 Å². The second-order valence-corrected chi connectivity index (χ2v) is 7.64. The van der Waals surface area contributed by atoms with Crippen LogP contribution in [0, 0.1) is 12.3 Å². The van der Waals surface area contributed by atoms with Crippen LogP contribution in [0.25, 0.3) is 0 Å². The molecule has 0 N–H and O–H groups in total. The van der Waals surface area contributed by atoms with Crippen LogP contribution in [-0.4, -0.2) is 66.1 Å². The minimum Gasteiger partial charge on any atom is -0.383 e. The molecule has 2 amide bonds. The number of rotatable bonds is 6. The maximum atomic E-state index is 13.0. The van der Waals surface area contributed by atoms with Gasteiger partial charge in [-0.3, -0.25) is 14.4 Å². The smallest absolute Gasteiger partial charge is 0.250 e. The number of piperidine rings is 1. The van der Waals surface area contributed by atoms with Gasteiger partial charge in [-0.25, -0.2) is 0 Å². The molecular formula is C20H29N3O4. The van der Waals surface area contributed by atoms with Crippen LogP contribution in [0.1, 0.15) is 31.4 Å². The number of aryl methyl sites for hydroxylation is 1. The number of amides is 2. The molecule has 1 aromatic heterocycles. The Balaban J connectivity index is 1.60. The van der Waals surface area contributed by atoms with Crippen molar-refractivity contribution in [3.05, 3.63) is 34.2 Å². The van der Waals surface area contributed by atoms with Crippen LogP contribution >= 0.6 is 0 Å². The highest BCUT2D eigenvalue weighted by Crippen LogP contribution is 2.40. The number of likely N-dealkylation sites (tertiary alicyclic amines) is 2. The van der Waals surface area contributed by atoms with Crippen molar-refractivity contribution >= 4 is 11.8 Å². The Kier molecular flexibility index (Phi) is 5.99. The summed E-state index contributed by atoms with van der Waals surface area (Å²) in [5, 5.41) is 0. The first kappa shape index (κ1) is 19.6. The zero-order valence-electron chi connectivity index (χ0n) is 16.3. The maximum Gasteiger partial charge on any atom is 0.250 e. The molecule has 2 aliphatic rings. The predicted octanol–water partition coefficient (Wildman–Crippen LogP) is 1.03. The van der Waals surface area contributed by atoms with E-state index < -0.39 is 5.41 Å². The molecule has 0 radical (unpaired) electrons. The van der Waals surface area contributed by atoms with Crippen molar-refractivity contribution in [3.63, 3.8) is 0 Å². The standard InChI is InChI=1S/C20H29N3O4/c1-16-5-3-6-18(25)23(16)11-7-17(24)22-12-9-20(15-22)8-4-10-21(19(20)26)13-14-27-2/h3,5-6H,4,7-15H2,1-2H3. The van der Waals surface area contributed by atoms with E-state index in [-0.39, 0.29) is 23.8 Å². The molecule has 1 spiro atoms. The molecule has 0 saturated carbocycles. The molecule has 7 heteroatoms. The van der Waals surface area contributed by atoms with Gasteiger partial charge in [0.2, 0.25) is 11.8 Å². The zero-order chi connectivity index (χ0) is 19.4. The fourth-order valence-electron chi connectivity index (χ4n) is 4.31. The lowest BCUT2D eigenvalue weighted by atomic mass is 9.78. The summed E-state index contributed by atoms with van der Waals surface area (Å²) < 4.78 is 6.74. The van der Waals surface area contributed by atoms with Gasteiger partial charge in [-0.2, -0.15) is 0 Å². The van der Waals surface area contributed by atoms with Gasteiger partial charge in [-0.1, -0.05) is 6.07 Å². The van der Waals surface area contributed by atoms with E-state index in [1.54, 1.807) is 22.6 Å². The molecule has 1 unspecified atom stereocenters. The Morgan fingerprint density at radius 3 is 2.74 bits per heavy atom. The van der Waals surface area contributed by atoms with Crippen LogP contribution in [0.5, 0.6) is 0 Å². The van der Waals surface area contributed by atoms with E-state index in [1.165, 1.54) is 6.07 Å². The second-order valence-electron chi connectivity index (χ2n) is 7.64. The van der Waals surface area contributed by atoms with E-state index in [4.69, 9.17) is 4.74 Å². The van der Waals surface area contributed by atoms with Crippen molar-refractivity contribution < 1.29 is 14.3 Å². The van der Waals surface area contributed by atoms with Crippen LogP contribution < -0.4 is 5.56 Å². The molecule has 148 valence electrons. The molecule has 1 aromatic rings. The Morgan fingerprint density at radius 2 is 2.00 bits per heavy atom. The Morgan fingerprint density at radius 1 is 1.19 bits per heavy atom. The quantitative estimate of drug-likeness (QED) is 0.745. The van der Waals surface area contributed by atoms with E-state index >= 15 is 0 Å². The van der Waals surface area contributed by atoms with E-state index in [0.29, 0.717) is 32.8 Å². The molecule has 0 aliphatic carbocycles. The summed E-state index contributed by atoms with van der Waals surface area (Å²) in [6, 6.07) is 5.11. The molecule has 0 aromatic carbocycles. The van der Waals surface area contributed by atoms with Crippen molar-refractivity contribution in [2.24, 2.45) is 5.41 Å². The molecule has 7 nitrogen and oxygen atoms in total. The van der Waals surface area contributed by atoms with Crippen LogP contribution in [0.15, 0.2) is 23.0 Å². The van der Waals surface area contributed by atoms with Crippen LogP contribution in [0.4, 0.5) is 0 Å². The van der Waals surface area contributed by atoms with Gasteiger partial charge in [-0.05, 0) is 32.3 Å². The number of methoxy groups -OCH3 is 1. The first-order chi connectivity index (χ1) is 13.0. The number of hydrogen-bond acceptors (Lipinski definition) is 4. The molecule has 3 heterocycles. The van der Waals surface area contributed by atoms with Crippen LogP contribution in [-0.2, 0) is 20.9 Å². The predicted molar refractivity (Wildman–Crippen MR) is 101 cm³/mol. The Labute approximate surface area is 159 Å². The first-order valence-electron chi connectivity index (χ1n) is 9.69. The molecule has 27 heavy (non-hydrogen) atoms. The third-order valence-electron chi connectivity index (χ3n) is 5.91. The molecule has 1 atom stereocenters. The summed E-state index contributed by atoms with van der Waals surface area (Å²) in [5.74, 6) is 0.181. The number of pyridine rings is 1. The van der Waals surface area contributed by atoms with Gasteiger partial charge in [-0.15, -0.1) is 0 Å². The number of carbonyl (C=O) groups excluding carboxylic acids is 2. The summed E-state index contributed by atoms with van der Waals surface area (Å²) >= 11 is 0. The number of carbonyl (C=O) groups is 2. The number of nitrogens with zero attached hydrogens (tertiary/aromatic N) is 3. The van der Waals surface area contributed by atoms with Gasteiger partial charge in [0.25, 0.3) is 5.56 Å². The lowest BCUT2D eigenvalue weighted by molar-refractivity contribution is -0.146. The zero-order valence-corrected chi connectivity index (χ0v) is 16.3. The SMILES string of the molecule is COCCN1CCCC2(CCN(C(=O)CCn3c(C)cccc3=O)C2)C1=O. The third kappa shape index (κ3) is 4.08. The monoisotopic (exact) mass is 375 g/mol. The summed E-state index contributed by atoms with van der Waals surface area (Å²) in [6.45, 7) is 5.28. The topological polar surface area (TPSA) is 71.8 Å². The maximum absolute atomic E-state index is 13.0. The highest BCUT2D eigenvalue weighted by atomic mass is 16.5. The molecule has 2 fully saturated rings. The Bertz CT molecular complexity index is 760. The van der Waals surface area contributed by atoms with Crippen LogP contribution in [0.3, 0.4) is 0 Å². The molecule has 2 aliphatic heterocycles. The van der Waals surface area contributed by atoms with Crippen LogP contribution in [0.2, 0.25) is 0 Å². The van der Waals surface area contributed by atoms with Crippen molar-refractivity contribution in [2.75, 3.05) is 39.9 Å². The first-order valence-corrected chi connectivity index (χ1v) is 9.69. The van der Waals surface area contributed by atoms with Gasteiger partial charge in [0.1, 0.15) is 0 Å². The largest absolute Gasteiger partial charge is 0.383 e.